The summed E-state index contributed by atoms with van der Waals surface area (Å²) >= 11 is 0. The minimum absolute atomic E-state index is 0.0506. The Bertz CT molecular complexity index is 901. The van der Waals surface area contributed by atoms with Gasteiger partial charge in [0.15, 0.2) is 21.3 Å². The zero-order valence-electron chi connectivity index (χ0n) is 17.8. The molecule has 0 N–H and O–H groups in total. The molecule has 1 unspecified atom stereocenters. The molecule has 0 radical (unpaired) electrons. The van der Waals surface area contributed by atoms with Crippen LogP contribution in [-0.4, -0.2) is 92.1 Å². The molecule has 0 saturated carbocycles. The molecule has 168 valence electrons. The van der Waals surface area contributed by atoms with Gasteiger partial charge in [-0.15, -0.1) is 0 Å². The summed E-state index contributed by atoms with van der Waals surface area (Å²) in [4.78, 5) is 50.7. The van der Waals surface area contributed by atoms with E-state index in [4.69, 9.17) is 14.2 Å². The number of carbonyl (C=O) groups excluding carboxylic acids is 4. The van der Waals surface area contributed by atoms with Gasteiger partial charge in [-0.05, 0) is 20.8 Å². The summed E-state index contributed by atoms with van der Waals surface area (Å²) < 4.78 is 40.3. The summed E-state index contributed by atoms with van der Waals surface area (Å²) in [5.41, 5.74) is -1.05. The normalized spacial score (nSPS) is 22.7. The highest BCUT2D eigenvalue weighted by Gasteiger charge is 2.60. The Kier molecular flexibility index (Phi) is 6.62. The van der Waals surface area contributed by atoms with E-state index in [0.29, 0.717) is 0 Å². The predicted octanol–water partition coefficient (Wildman–Crippen LogP) is -0.785. The minimum Gasteiger partial charge on any atom is -0.461 e. The van der Waals surface area contributed by atoms with Gasteiger partial charge in [0.1, 0.15) is 24.4 Å². The molecule has 0 spiro atoms. The molecule has 12 heteroatoms. The topological polar surface area (TPSA) is 137 Å². The van der Waals surface area contributed by atoms with Gasteiger partial charge in [0.05, 0.1) is 5.75 Å². The number of β-lactam (4-membered cyclic amide) rings is 1. The lowest BCUT2D eigenvalue weighted by Gasteiger charge is -2.49. The number of fused-ring (bicyclic) bond motifs is 1. The van der Waals surface area contributed by atoms with Gasteiger partial charge in [-0.1, -0.05) is 0 Å². The van der Waals surface area contributed by atoms with Crippen molar-refractivity contribution < 1.29 is 41.8 Å². The van der Waals surface area contributed by atoms with Crippen molar-refractivity contribution in [3.63, 3.8) is 0 Å². The summed E-state index contributed by atoms with van der Waals surface area (Å²) in [5, 5.41) is -1.36. The number of rotatable bonds is 6. The van der Waals surface area contributed by atoms with Crippen LogP contribution in [0.1, 0.15) is 27.7 Å². The first-order valence-electron chi connectivity index (χ1n) is 9.09. The van der Waals surface area contributed by atoms with Crippen LogP contribution in [0.2, 0.25) is 0 Å². The van der Waals surface area contributed by atoms with Gasteiger partial charge in [-0.3, -0.25) is 24.1 Å². The fourth-order valence-corrected chi connectivity index (χ4v) is 5.19. The molecule has 2 aliphatic heterocycles. The number of carbonyl (C=O) groups is 4. The molecule has 0 aromatic rings. The van der Waals surface area contributed by atoms with Crippen LogP contribution in [0.15, 0.2) is 11.3 Å². The van der Waals surface area contributed by atoms with Crippen molar-refractivity contribution in [3.05, 3.63) is 11.3 Å². The van der Waals surface area contributed by atoms with Crippen LogP contribution in [0, 0.1) is 0 Å². The highest BCUT2D eigenvalue weighted by Crippen LogP contribution is 2.38. The fraction of sp³-hybridized carbons (Fsp3) is 0.667. The first-order valence-corrected chi connectivity index (χ1v) is 10.8. The van der Waals surface area contributed by atoms with Crippen LogP contribution in [0.5, 0.6) is 0 Å². The van der Waals surface area contributed by atoms with Crippen LogP contribution in [-0.2, 0) is 43.2 Å². The van der Waals surface area contributed by atoms with Crippen LogP contribution in [0.4, 0.5) is 0 Å². The third-order valence-corrected chi connectivity index (χ3v) is 6.30. The van der Waals surface area contributed by atoms with Crippen LogP contribution >= 0.6 is 0 Å². The Hall–Kier alpha value is -2.47. The summed E-state index contributed by atoms with van der Waals surface area (Å²) in [7, 11) is -1.37. The number of amides is 2. The monoisotopic (exact) mass is 446 g/mol. The molecule has 1 saturated heterocycles. The second-order valence-corrected chi connectivity index (χ2v) is 10.1. The molecule has 2 atom stereocenters. The maximum absolute atomic E-state index is 13.1. The molecule has 2 amide bonds. The fourth-order valence-electron chi connectivity index (χ4n) is 3.18. The van der Waals surface area contributed by atoms with Gasteiger partial charge in [0.25, 0.3) is 11.8 Å². The largest absolute Gasteiger partial charge is 0.461 e. The van der Waals surface area contributed by atoms with Gasteiger partial charge in [0, 0.05) is 26.7 Å². The minimum atomic E-state index is -3.89. The third kappa shape index (κ3) is 4.81. The van der Waals surface area contributed by atoms with Crippen molar-refractivity contribution in [2.24, 2.45) is 0 Å². The predicted molar refractivity (Wildman–Crippen MR) is 102 cm³/mol. The number of likely N-dealkylation sites (N-methyl/N-ethyl adjacent to an activating group) is 1. The lowest BCUT2D eigenvalue weighted by atomic mass is 10.0. The quantitative estimate of drug-likeness (QED) is 0.380. The highest BCUT2D eigenvalue weighted by atomic mass is 32.2. The number of ether oxygens (including phenoxy) is 3. The Morgan fingerprint density at radius 3 is 2.33 bits per heavy atom. The molecular weight excluding hydrogens is 420 g/mol. The van der Waals surface area contributed by atoms with Gasteiger partial charge < -0.3 is 19.1 Å². The van der Waals surface area contributed by atoms with Crippen molar-refractivity contribution in [2.75, 3.05) is 33.1 Å². The molecule has 11 nitrogen and oxygen atoms in total. The summed E-state index contributed by atoms with van der Waals surface area (Å²) in [6.07, 6.45) is -1.23. The van der Waals surface area contributed by atoms with Crippen LogP contribution < -0.4 is 0 Å². The number of hydrogen-bond acceptors (Lipinski definition) is 9. The van der Waals surface area contributed by atoms with E-state index >= 15 is 0 Å². The highest BCUT2D eigenvalue weighted by molar-refractivity contribution is 7.92. The number of sulfone groups is 1. The Morgan fingerprint density at radius 2 is 1.83 bits per heavy atom. The molecule has 0 aromatic heterocycles. The molecule has 2 heterocycles. The smallest absolute Gasteiger partial charge is 0.326 e. The lowest BCUT2D eigenvalue weighted by molar-refractivity contribution is -0.162. The Labute approximate surface area is 174 Å². The van der Waals surface area contributed by atoms with Crippen LogP contribution in [0.25, 0.3) is 0 Å². The zero-order chi connectivity index (χ0) is 23.0. The molecule has 2 aliphatic rings. The summed E-state index contributed by atoms with van der Waals surface area (Å²) in [6.45, 7) is 5.25. The maximum atomic E-state index is 13.1. The van der Waals surface area contributed by atoms with Gasteiger partial charge in [-0.2, -0.15) is 0 Å². The van der Waals surface area contributed by atoms with Crippen molar-refractivity contribution in [1.29, 1.82) is 0 Å². The molecule has 0 aromatic carbocycles. The van der Waals surface area contributed by atoms with Crippen molar-refractivity contribution >= 4 is 33.6 Å². The second kappa shape index (κ2) is 8.34. The Morgan fingerprint density at radius 1 is 1.23 bits per heavy atom. The van der Waals surface area contributed by atoms with E-state index in [9.17, 15) is 27.6 Å². The van der Waals surface area contributed by atoms with Crippen molar-refractivity contribution in [1.82, 2.24) is 9.80 Å². The van der Waals surface area contributed by atoms with E-state index in [1.807, 2.05) is 0 Å². The third-order valence-electron chi connectivity index (χ3n) is 4.35. The lowest BCUT2D eigenvalue weighted by Crippen LogP contribution is -2.71. The second-order valence-electron chi connectivity index (χ2n) is 8.04. The SMILES string of the molecule is CO[C@H]1C(=O)N2C(C(=O)N(C)CC(=O)OC(C)(C)C)=C(COC(C)=O)CS(=O)(=O)C12. The molecule has 1 fully saturated rings. The summed E-state index contributed by atoms with van der Waals surface area (Å²) in [5.74, 6) is -3.42. The van der Waals surface area contributed by atoms with E-state index in [1.165, 1.54) is 14.2 Å². The molecule has 0 bridgehead atoms. The zero-order valence-corrected chi connectivity index (χ0v) is 18.6. The van der Waals surface area contributed by atoms with Gasteiger partial charge >= 0.3 is 11.9 Å². The average molecular weight is 446 g/mol. The molecular formula is C18H26N2O9S. The number of esters is 2. The van der Waals surface area contributed by atoms with Gasteiger partial charge in [-0.25, -0.2) is 8.42 Å². The number of nitrogens with zero attached hydrogens (tertiary/aromatic N) is 2. The number of methoxy groups -OCH3 is 1. The van der Waals surface area contributed by atoms with E-state index in [-0.39, 0.29) is 11.3 Å². The molecule has 0 aliphatic carbocycles. The average Bonchev–Trinajstić information content (AvgIpc) is 2.57. The van der Waals surface area contributed by atoms with Gasteiger partial charge in [0.2, 0.25) is 0 Å². The summed E-state index contributed by atoms with van der Waals surface area (Å²) in [6, 6.07) is 0. The number of hydrogen-bond donors (Lipinski definition) is 0. The molecule has 2 rings (SSSR count). The van der Waals surface area contributed by atoms with Crippen molar-refractivity contribution in [3.8, 4) is 0 Å². The standard InChI is InChI=1S/C18H26N2O9S/c1-10(21)28-8-11-9-30(25,26)17-14(27-6)16(24)20(17)13(11)15(23)19(5)7-12(22)29-18(2,3)4/h14,17H,7-9H2,1-6H3/t14-,17?/m0/s1. The molecule has 30 heavy (non-hydrogen) atoms. The van der Waals surface area contributed by atoms with E-state index < -0.39 is 69.6 Å². The Balaban J connectivity index is 2.39. The van der Waals surface area contributed by atoms with E-state index in [1.54, 1.807) is 20.8 Å². The maximum Gasteiger partial charge on any atom is 0.326 e. The van der Waals surface area contributed by atoms with E-state index in [2.05, 4.69) is 0 Å². The van der Waals surface area contributed by atoms with E-state index in [0.717, 1.165) is 16.7 Å². The first-order chi connectivity index (χ1) is 13.7. The van der Waals surface area contributed by atoms with Crippen molar-refractivity contribution in [2.45, 2.75) is 44.8 Å². The van der Waals surface area contributed by atoms with Crippen LogP contribution in [0.3, 0.4) is 0 Å². The first kappa shape index (κ1) is 23.8.